The zero-order chi connectivity index (χ0) is 25.4. The van der Waals surface area contributed by atoms with Crippen LogP contribution in [0.2, 0.25) is 0 Å². The van der Waals surface area contributed by atoms with Crippen molar-refractivity contribution in [2.45, 2.75) is 32.0 Å². The number of nitrogens with zero attached hydrogens (tertiary/aromatic N) is 5. The molecule has 0 N–H and O–H groups in total. The van der Waals surface area contributed by atoms with E-state index in [0.717, 1.165) is 49.8 Å². The predicted molar refractivity (Wildman–Crippen MR) is 119 cm³/mol. The fourth-order valence-corrected chi connectivity index (χ4v) is 5.25. The zero-order valence-electron chi connectivity index (χ0n) is 19.4. The summed E-state index contributed by atoms with van der Waals surface area (Å²) in [7, 11) is 1.57. The number of piperidine rings is 1. The van der Waals surface area contributed by atoms with Gasteiger partial charge < -0.3 is 14.4 Å². The van der Waals surface area contributed by atoms with Crippen molar-refractivity contribution in [3.63, 3.8) is 0 Å². The van der Waals surface area contributed by atoms with E-state index in [0.29, 0.717) is 28.8 Å². The van der Waals surface area contributed by atoms with Crippen molar-refractivity contribution in [3.8, 4) is 17.6 Å². The lowest BCUT2D eigenvalue weighted by molar-refractivity contribution is -0.143. The van der Waals surface area contributed by atoms with Gasteiger partial charge in [-0.2, -0.15) is 23.3 Å². The van der Waals surface area contributed by atoms with Gasteiger partial charge in [-0.15, -0.1) is 0 Å². The van der Waals surface area contributed by atoms with Gasteiger partial charge >= 0.3 is 12.2 Å². The van der Waals surface area contributed by atoms with Crippen LogP contribution < -0.4 is 14.4 Å². The number of hydrogen-bond acceptors (Lipinski definition) is 6. The minimum Gasteiger partial charge on any atom is -0.481 e. The van der Waals surface area contributed by atoms with E-state index >= 15 is 0 Å². The molecule has 192 valence electrons. The van der Waals surface area contributed by atoms with Gasteiger partial charge in [0.25, 0.3) is 0 Å². The van der Waals surface area contributed by atoms with E-state index in [2.05, 4.69) is 20.0 Å². The highest BCUT2D eigenvalue weighted by atomic mass is 19.4. The van der Waals surface area contributed by atoms with Crippen molar-refractivity contribution in [2.75, 3.05) is 25.1 Å². The number of hydrogen-bond donors (Lipinski definition) is 0. The first-order chi connectivity index (χ1) is 17.2. The van der Waals surface area contributed by atoms with Crippen LogP contribution in [-0.4, -0.2) is 46.1 Å². The van der Waals surface area contributed by atoms with Crippen LogP contribution in [-0.2, 0) is 13.0 Å². The predicted octanol–water partition coefficient (Wildman–Crippen LogP) is 5.02. The molecular formula is C24H24F5N5O2. The molecule has 3 aromatic rings. The Morgan fingerprint density at radius 3 is 2.44 bits per heavy atom. The molecule has 1 saturated carbocycles. The molecule has 36 heavy (non-hydrogen) atoms. The molecule has 0 radical (unpaired) electrons. The topological polar surface area (TPSA) is 65.3 Å². The summed E-state index contributed by atoms with van der Waals surface area (Å²) in [6.45, 7) is 0.194. The van der Waals surface area contributed by atoms with Crippen LogP contribution in [0.4, 0.5) is 27.6 Å². The van der Waals surface area contributed by atoms with Crippen molar-refractivity contribution < 1.29 is 31.4 Å². The first-order valence-corrected chi connectivity index (χ1v) is 11.6. The van der Waals surface area contributed by atoms with Crippen LogP contribution >= 0.6 is 0 Å². The summed E-state index contributed by atoms with van der Waals surface area (Å²) < 4.78 is 77.5. The number of rotatable bonds is 7. The van der Waals surface area contributed by atoms with Gasteiger partial charge in [0.05, 0.1) is 7.11 Å². The van der Waals surface area contributed by atoms with Crippen LogP contribution in [0.3, 0.4) is 0 Å². The molecule has 2 unspecified atom stereocenters. The highest BCUT2D eigenvalue weighted by Crippen LogP contribution is 2.44. The van der Waals surface area contributed by atoms with Gasteiger partial charge in [-0.1, -0.05) is 0 Å². The number of anilines is 1. The van der Waals surface area contributed by atoms with Crippen LogP contribution in [0.25, 0.3) is 0 Å². The molecule has 12 heteroatoms. The molecule has 5 rings (SSSR count). The van der Waals surface area contributed by atoms with Gasteiger partial charge in [0.2, 0.25) is 5.88 Å². The van der Waals surface area contributed by atoms with Crippen molar-refractivity contribution in [2.24, 2.45) is 17.8 Å². The van der Waals surface area contributed by atoms with Gasteiger partial charge in [0.1, 0.15) is 12.3 Å². The second-order valence-electron chi connectivity index (χ2n) is 9.19. The van der Waals surface area contributed by atoms with Crippen LogP contribution in [0, 0.1) is 29.4 Å². The zero-order valence-corrected chi connectivity index (χ0v) is 19.4. The molecule has 1 saturated heterocycles. The average Bonchev–Trinajstić information content (AvgIpc) is 3.29. The van der Waals surface area contributed by atoms with Gasteiger partial charge in [0, 0.05) is 43.5 Å². The summed E-state index contributed by atoms with van der Waals surface area (Å²) in [5.74, 6) is -0.800. The number of methoxy groups -OCH3 is 1. The SMILES string of the molecule is COc1cc(N2CC3CCC(C2)C3Cc2nc(Oc3ccc(F)c(F)c3)n(CC(F)(F)F)n2)ccn1. The summed E-state index contributed by atoms with van der Waals surface area (Å²) >= 11 is 0. The second-order valence-corrected chi connectivity index (χ2v) is 9.19. The molecule has 3 heterocycles. The number of fused-ring (bicyclic) bond motifs is 2. The lowest BCUT2D eigenvalue weighted by Crippen LogP contribution is -2.42. The minimum absolute atomic E-state index is 0.169. The Hall–Kier alpha value is -3.44. The number of halogens is 5. The maximum atomic E-state index is 13.6. The minimum atomic E-state index is -4.56. The largest absolute Gasteiger partial charge is 0.481 e. The normalized spacial score (nSPS) is 21.6. The Balaban J connectivity index is 1.34. The van der Waals surface area contributed by atoms with E-state index < -0.39 is 30.4 Å². The monoisotopic (exact) mass is 509 g/mol. The lowest BCUT2D eigenvalue weighted by Gasteiger charge is -2.39. The Morgan fingerprint density at radius 1 is 1.03 bits per heavy atom. The maximum Gasteiger partial charge on any atom is 0.408 e. The van der Waals surface area contributed by atoms with Gasteiger partial charge in [-0.3, -0.25) is 0 Å². The van der Waals surface area contributed by atoms with Crippen LogP contribution in [0.1, 0.15) is 18.7 Å². The molecule has 7 nitrogen and oxygen atoms in total. The number of ether oxygens (including phenoxy) is 2. The third-order valence-corrected chi connectivity index (χ3v) is 6.85. The van der Waals surface area contributed by atoms with E-state index in [-0.39, 0.29) is 17.5 Å². The molecule has 0 spiro atoms. The molecule has 2 bridgehead atoms. The van der Waals surface area contributed by atoms with Crippen LogP contribution in [0.5, 0.6) is 17.6 Å². The molecule has 1 aliphatic carbocycles. The molecule has 1 aromatic carbocycles. The number of benzene rings is 1. The molecule has 0 amide bonds. The fraction of sp³-hybridized carbons (Fsp3) is 0.458. The molecule has 2 aliphatic rings. The van der Waals surface area contributed by atoms with E-state index in [1.807, 2.05) is 12.1 Å². The smallest absolute Gasteiger partial charge is 0.408 e. The third kappa shape index (κ3) is 5.21. The van der Waals surface area contributed by atoms with Gasteiger partial charge in [-0.05, 0) is 48.8 Å². The Morgan fingerprint density at radius 2 is 1.78 bits per heavy atom. The number of alkyl halides is 3. The maximum absolute atomic E-state index is 13.6. The lowest BCUT2D eigenvalue weighted by atomic mass is 9.82. The summed E-state index contributed by atoms with van der Waals surface area (Å²) in [5.41, 5.74) is 1.02. The van der Waals surface area contributed by atoms with E-state index in [4.69, 9.17) is 9.47 Å². The Labute approximate surface area is 203 Å². The molecular weight excluding hydrogens is 485 g/mol. The summed E-state index contributed by atoms with van der Waals surface area (Å²) in [4.78, 5) is 10.6. The summed E-state index contributed by atoms with van der Waals surface area (Å²) in [6, 6.07) is 6.12. The van der Waals surface area contributed by atoms with E-state index in [1.54, 1.807) is 13.3 Å². The molecule has 1 aliphatic heterocycles. The quantitative estimate of drug-likeness (QED) is 0.417. The first kappa shape index (κ1) is 24.3. The van der Waals surface area contributed by atoms with Crippen molar-refractivity contribution in [1.82, 2.24) is 19.7 Å². The van der Waals surface area contributed by atoms with Gasteiger partial charge in [-0.25, -0.2) is 18.4 Å². The summed E-state index contributed by atoms with van der Waals surface area (Å²) in [5, 5.41) is 4.08. The van der Waals surface area contributed by atoms with Crippen LogP contribution in [0.15, 0.2) is 36.5 Å². The van der Waals surface area contributed by atoms with Crippen molar-refractivity contribution in [3.05, 3.63) is 54.0 Å². The van der Waals surface area contributed by atoms with E-state index in [9.17, 15) is 22.0 Å². The Kier molecular flexibility index (Phi) is 6.44. The molecule has 2 atom stereocenters. The molecule has 2 fully saturated rings. The standard InChI is InChI=1S/C24H24F5N5O2/c1-35-22-8-16(6-7-30-22)33-11-14-2-3-15(12-33)18(14)10-21-31-23(34(32-21)13-24(27,28)29)36-17-4-5-19(25)20(26)9-17/h4-9,14-15,18H,2-3,10-13H2,1H3. The highest BCUT2D eigenvalue weighted by Gasteiger charge is 2.43. The number of aromatic nitrogens is 4. The first-order valence-electron chi connectivity index (χ1n) is 11.6. The second kappa shape index (κ2) is 9.55. The highest BCUT2D eigenvalue weighted by molar-refractivity contribution is 5.49. The van der Waals surface area contributed by atoms with E-state index in [1.165, 1.54) is 0 Å². The number of pyridine rings is 1. The van der Waals surface area contributed by atoms with Crippen molar-refractivity contribution >= 4 is 5.69 Å². The van der Waals surface area contributed by atoms with Crippen molar-refractivity contribution in [1.29, 1.82) is 0 Å². The molecule has 2 aromatic heterocycles. The fourth-order valence-electron chi connectivity index (χ4n) is 5.25. The average molecular weight is 509 g/mol. The third-order valence-electron chi connectivity index (χ3n) is 6.85. The Bertz CT molecular complexity index is 1220. The van der Waals surface area contributed by atoms with Gasteiger partial charge in [0.15, 0.2) is 17.5 Å². The summed E-state index contributed by atoms with van der Waals surface area (Å²) in [6.07, 6.45) is -0.437.